The summed E-state index contributed by atoms with van der Waals surface area (Å²) >= 11 is 0. The summed E-state index contributed by atoms with van der Waals surface area (Å²) < 4.78 is 25.9. The molecule has 0 saturated carbocycles. The second-order valence-electron chi connectivity index (χ2n) is 7.89. The molecule has 1 amide bonds. The third kappa shape index (κ3) is 5.83. The first-order chi connectivity index (χ1) is 14.4. The molecule has 1 fully saturated rings. The SMILES string of the molecule is C[C@H](C(=O)NCc1ccccc1CN1CCCCC1)N(c1ccccc1)S(C)(=O)=O. The monoisotopic (exact) mass is 429 g/mol. The van der Waals surface area contributed by atoms with Gasteiger partial charge in [0.25, 0.3) is 0 Å². The molecule has 0 radical (unpaired) electrons. The van der Waals surface area contributed by atoms with Crippen LogP contribution in [0.25, 0.3) is 0 Å². The van der Waals surface area contributed by atoms with Gasteiger partial charge >= 0.3 is 0 Å². The molecule has 162 valence electrons. The summed E-state index contributed by atoms with van der Waals surface area (Å²) in [4.78, 5) is 15.3. The number of para-hydroxylation sites is 1. The number of hydrogen-bond donors (Lipinski definition) is 1. The van der Waals surface area contributed by atoms with Gasteiger partial charge in [-0.1, -0.05) is 48.9 Å². The van der Waals surface area contributed by atoms with Gasteiger partial charge < -0.3 is 5.32 Å². The van der Waals surface area contributed by atoms with Crippen LogP contribution in [0.1, 0.15) is 37.3 Å². The molecular formula is C23H31N3O3S. The molecule has 1 N–H and O–H groups in total. The van der Waals surface area contributed by atoms with Crippen LogP contribution < -0.4 is 9.62 Å². The topological polar surface area (TPSA) is 69.7 Å². The molecule has 3 rings (SSSR count). The molecule has 0 aromatic heterocycles. The van der Waals surface area contributed by atoms with Crippen LogP contribution in [0.15, 0.2) is 54.6 Å². The van der Waals surface area contributed by atoms with E-state index in [1.165, 1.54) is 29.1 Å². The van der Waals surface area contributed by atoms with Gasteiger partial charge in [-0.25, -0.2) is 8.42 Å². The maximum Gasteiger partial charge on any atom is 0.243 e. The van der Waals surface area contributed by atoms with Crippen molar-refractivity contribution < 1.29 is 13.2 Å². The van der Waals surface area contributed by atoms with E-state index < -0.39 is 16.1 Å². The second kappa shape index (κ2) is 10.1. The first kappa shape index (κ1) is 22.3. The van der Waals surface area contributed by atoms with Gasteiger partial charge in [0.05, 0.1) is 11.9 Å². The predicted molar refractivity (Wildman–Crippen MR) is 121 cm³/mol. The van der Waals surface area contributed by atoms with Crippen molar-refractivity contribution in [1.82, 2.24) is 10.2 Å². The summed E-state index contributed by atoms with van der Waals surface area (Å²) in [5.74, 6) is -0.322. The smallest absolute Gasteiger partial charge is 0.243 e. The van der Waals surface area contributed by atoms with Crippen molar-refractivity contribution in [3.63, 3.8) is 0 Å². The minimum Gasteiger partial charge on any atom is -0.350 e. The molecule has 1 aliphatic heterocycles. The molecule has 1 aliphatic rings. The number of amides is 1. The summed E-state index contributed by atoms with van der Waals surface area (Å²) in [7, 11) is -3.61. The van der Waals surface area contributed by atoms with E-state index in [2.05, 4.69) is 16.3 Å². The Morgan fingerprint density at radius 2 is 1.60 bits per heavy atom. The van der Waals surface area contributed by atoms with E-state index in [0.29, 0.717) is 12.2 Å². The normalized spacial score (nSPS) is 16.1. The lowest BCUT2D eigenvalue weighted by Gasteiger charge is -2.29. The lowest BCUT2D eigenvalue weighted by molar-refractivity contribution is -0.122. The largest absolute Gasteiger partial charge is 0.350 e. The highest BCUT2D eigenvalue weighted by Gasteiger charge is 2.28. The first-order valence-corrected chi connectivity index (χ1v) is 12.3. The molecule has 0 bridgehead atoms. The lowest BCUT2D eigenvalue weighted by atomic mass is 10.0. The van der Waals surface area contributed by atoms with Crippen molar-refractivity contribution in [1.29, 1.82) is 0 Å². The van der Waals surface area contributed by atoms with Crippen LogP contribution in [0.5, 0.6) is 0 Å². The van der Waals surface area contributed by atoms with Gasteiger partial charge in [0, 0.05) is 13.1 Å². The highest BCUT2D eigenvalue weighted by Crippen LogP contribution is 2.21. The Kier molecular flexibility index (Phi) is 7.50. The van der Waals surface area contributed by atoms with E-state index in [0.717, 1.165) is 31.5 Å². The Morgan fingerprint density at radius 3 is 2.23 bits per heavy atom. The van der Waals surface area contributed by atoms with Gasteiger partial charge in [0.2, 0.25) is 15.9 Å². The van der Waals surface area contributed by atoms with Crippen molar-refractivity contribution in [3.05, 3.63) is 65.7 Å². The number of nitrogens with one attached hydrogen (secondary N) is 1. The van der Waals surface area contributed by atoms with Gasteiger partial charge in [0.1, 0.15) is 6.04 Å². The fourth-order valence-corrected chi connectivity index (χ4v) is 5.13. The summed E-state index contributed by atoms with van der Waals surface area (Å²) in [5.41, 5.74) is 2.75. The number of piperidine rings is 1. The van der Waals surface area contributed by atoms with Crippen LogP contribution in [0, 0.1) is 0 Å². The van der Waals surface area contributed by atoms with E-state index in [4.69, 9.17) is 0 Å². The summed E-state index contributed by atoms with van der Waals surface area (Å²) in [6.45, 7) is 5.08. The number of hydrogen-bond acceptors (Lipinski definition) is 4. The highest BCUT2D eigenvalue weighted by molar-refractivity contribution is 7.92. The first-order valence-electron chi connectivity index (χ1n) is 10.5. The number of nitrogens with zero attached hydrogens (tertiary/aromatic N) is 2. The summed E-state index contributed by atoms with van der Waals surface area (Å²) in [5, 5.41) is 2.94. The van der Waals surface area contributed by atoms with Crippen molar-refractivity contribution in [3.8, 4) is 0 Å². The Hall–Kier alpha value is -2.38. The molecule has 2 aromatic rings. The third-order valence-electron chi connectivity index (χ3n) is 5.51. The number of sulfonamides is 1. The maximum absolute atomic E-state index is 12.9. The maximum atomic E-state index is 12.9. The third-order valence-corrected chi connectivity index (χ3v) is 6.75. The van der Waals surface area contributed by atoms with E-state index in [1.54, 1.807) is 31.2 Å². The van der Waals surface area contributed by atoms with Gasteiger partial charge in [-0.2, -0.15) is 0 Å². The zero-order valence-corrected chi connectivity index (χ0v) is 18.6. The Morgan fingerprint density at radius 1 is 1.00 bits per heavy atom. The van der Waals surface area contributed by atoms with Gasteiger partial charge in [0.15, 0.2) is 0 Å². The average molecular weight is 430 g/mol. The van der Waals surface area contributed by atoms with Crippen molar-refractivity contribution in [2.75, 3.05) is 23.7 Å². The minimum atomic E-state index is -3.61. The van der Waals surface area contributed by atoms with Crippen LogP contribution in [-0.4, -0.2) is 44.6 Å². The van der Waals surface area contributed by atoms with Crippen LogP contribution in [0.4, 0.5) is 5.69 Å². The molecule has 0 aliphatic carbocycles. The Balaban J connectivity index is 1.69. The molecule has 0 unspecified atom stereocenters. The van der Waals surface area contributed by atoms with E-state index >= 15 is 0 Å². The van der Waals surface area contributed by atoms with Crippen LogP contribution in [-0.2, 0) is 27.9 Å². The fraction of sp³-hybridized carbons (Fsp3) is 0.435. The number of carbonyl (C=O) groups excluding carboxylic acids is 1. The van der Waals surface area contributed by atoms with E-state index in [-0.39, 0.29) is 5.91 Å². The number of likely N-dealkylation sites (tertiary alicyclic amines) is 1. The van der Waals surface area contributed by atoms with Crippen LogP contribution in [0.3, 0.4) is 0 Å². The van der Waals surface area contributed by atoms with E-state index in [1.807, 2.05) is 24.3 Å². The molecule has 0 spiro atoms. The van der Waals surface area contributed by atoms with Gasteiger partial charge in [-0.3, -0.25) is 14.0 Å². The van der Waals surface area contributed by atoms with Crippen molar-refractivity contribution in [2.24, 2.45) is 0 Å². The van der Waals surface area contributed by atoms with Gasteiger partial charge in [-0.05, 0) is 56.1 Å². The molecule has 2 aromatic carbocycles. The lowest BCUT2D eigenvalue weighted by Crippen LogP contribution is -2.47. The van der Waals surface area contributed by atoms with Gasteiger partial charge in [-0.15, -0.1) is 0 Å². The number of benzene rings is 2. The zero-order valence-electron chi connectivity index (χ0n) is 17.8. The van der Waals surface area contributed by atoms with E-state index in [9.17, 15) is 13.2 Å². The average Bonchev–Trinajstić information content (AvgIpc) is 2.73. The zero-order chi connectivity index (χ0) is 21.6. The molecule has 7 heteroatoms. The van der Waals surface area contributed by atoms with Crippen molar-refractivity contribution >= 4 is 21.6 Å². The summed E-state index contributed by atoms with van der Waals surface area (Å²) in [6.07, 6.45) is 4.89. The standard InChI is InChI=1S/C23H31N3O3S/c1-19(26(30(2,28)29)22-13-5-3-6-14-22)23(27)24-17-20-11-7-8-12-21(20)18-25-15-9-4-10-16-25/h3,5-8,11-14,19H,4,9-10,15-18H2,1-2H3,(H,24,27)/t19-/m1/s1. The number of anilines is 1. The van der Waals surface area contributed by atoms with Crippen LogP contribution in [0.2, 0.25) is 0 Å². The minimum absolute atomic E-state index is 0.322. The number of rotatable bonds is 8. The quantitative estimate of drug-likeness (QED) is 0.700. The Labute approximate surface area is 179 Å². The Bertz CT molecular complexity index is 941. The molecule has 1 saturated heterocycles. The van der Waals surface area contributed by atoms with Crippen molar-refractivity contribution in [2.45, 2.75) is 45.3 Å². The molecule has 30 heavy (non-hydrogen) atoms. The number of carbonyl (C=O) groups is 1. The molecule has 1 atom stereocenters. The predicted octanol–water partition coefficient (Wildman–Crippen LogP) is 3.14. The molecule has 1 heterocycles. The highest BCUT2D eigenvalue weighted by atomic mass is 32.2. The second-order valence-corrected chi connectivity index (χ2v) is 9.75. The van der Waals surface area contributed by atoms with Crippen LogP contribution >= 0.6 is 0 Å². The molecule has 6 nitrogen and oxygen atoms in total. The fourth-order valence-electron chi connectivity index (χ4n) is 3.96. The molecular weight excluding hydrogens is 398 g/mol. The summed E-state index contributed by atoms with van der Waals surface area (Å²) in [6, 6.07) is 16.0.